The predicted octanol–water partition coefficient (Wildman–Crippen LogP) is 9.24. The highest BCUT2D eigenvalue weighted by Gasteiger charge is 2.46. The SMILES string of the molecule is CCOP(=O)(OCC)C(CCC/C=C(\C)CC/C=C(\C)CC/C=C(\C)CC)S(=O)(=O)OC1CCCCC1. The Morgan fingerprint density at radius 3 is 1.86 bits per heavy atom. The van der Waals surface area contributed by atoms with Gasteiger partial charge in [0.25, 0.3) is 10.1 Å². The molecule has 1 rings (SSSR count). The molecule has 1 atom stereocenters. The molecule has 1 fully saturated rings. The molecule has 0 bridgehead atoms. The molecule has 37 heavy (non-hydrogen) atoms. The maximum Gasteiger partial charge on any atom is 0.351 e. The molecule has 0 saturated heterocycles. The van der Waals surface area contributed by atoms with Crippen LogP contribution in [-0.2, 0) is 27.9 Å². The van der Waals surface area contributed by atoms with Gasteiger partial charge < -0.3 is 9.05 Å². The van der Waals surface area contributed by atoms with Crippen molar-refractivity contribution in [1.29, 1.82) is 0 Å². The largest absolute Gasteiger partial charge is 0.351 e. The van der Waals surface area contributed by atoms with Gasteiger partial charge in [-0.05, 0) is 98.8 Å². The van der Waals surface area contributed by atoms with E-state index in [1.807, 2.05) is 0 Å². The first-order chi connectivity index (χ1) is 17.6. The van der Waals surface area contributed by atoms with Gasteiger partial charge in [0, 0.05) is 0 Å². The fraction of sp³-hybridized carbons (Fsp3) is 0.793. The minimum Gasteiger partial charge on any atom is -0.308 e. The first-order valence-corrected chi connectivity index (χ1v) is 17.4. The lowest BCUT2D eigenvalue weighted by molar-refractivity contribution is 0.158. The van der Waals surface area contributed by atoms with Crippen LogP contribution >= 0.6 is 7.60 Å². The van der Waals surface area contributed by atoms with Crippen LogP contribution in [0.25, 0.3) is 0 Å². The molecule has 1 saturated carbocycles. The molecule has 0 aromatic carbocycles. The molecule has 1 aliphatic rings. The van der Waals surface area contributed by atoms with Gasteiger partial charge in [-0.2, -0.15) is 8.42 Å². The molecule has 0 aromatic rings. The zero-order valence-corrected chi connectivity index (χ0v) is 26.0. The van der Waals surface area contributed by atoms with Crippen molar-refractivity contribution in [3.63, 3.8) is 0 Å². The van der Waals surface area contributed by atoms with Gasteiger partial charge in [-0.1, -0.05) is 61.1 Å². The number of hydrogen-bond acceptors (Lipinski definition) is 6. The summed E-state index contributed by atoms with van der Waals surface area (Å²) < 4.78 is 56.6. The Kier molecular flexibility index (Phi) is 17.2. The highest BCUT2D eigenvalue weighted by molar-refractivity contribution is 7.94. The zero-order valence-electron chi connectivity index (χ0n) is 24.3. The van der Waals surface area contributed by atoms with Gasteiger partial charge in [-0.3, -0.25) is 8.75 Å². The molecule has 0 radical (unpaired) electrons. The van der Waals surface area contributed by atoms with E-state index >= 15 is 0 Å². The van der Waals surface area contributed by atoms with Gasteiger partial charge in [-0.15, -0.1) is 0 Å². The van der Waals surface area contributed by atoms with E-state index in [9.17, 15) is 13.0 Å². The van der Waals surface area contributed by atoms with Gasteiger partial charge in [0.1, 0.15) is 0 Å². The quantitative estimate of drug-likeness (QED) is 0.0678. The van der Waals surface area contributed by atoms with Gasteiger partial charge in [0.15, 0.2) is 4.99 Å². The van der Waals surface area contributed by atoms with Crippen molar-refractivity contribution in [3.05, 3.63) is 34.9 Å². The van der Waals surface area contributed by atoms with Crippen molar-refractivity contribution in [2.45, 2.75) is 136 Å². The highest BCUT2D eigenvalue weighted by atomic mass is 32.2. The molecule has 216 valence electrons. The molecule has 6 nitrogen and oxygen atoms in total. The minimum absolute atomic E-state index is 0.118. The third-order valence-electron chi connectivity index (χ3n) is 6.90. The van der Waals surface area contributed by atoms with Crippen molar-refractivity contribution in [1.82, 2.24) is 0 Å². The van der Waals surface area contributed by atoms with Crippen molar-refractivity contribution in [2.75, 3.05) is 13.2 Å². The summed E-state index contributed by atoms with van der Waals surface area (Å²) in [6.07, 6.45) is 17.6. The van der Waals surface area contributed by atoms with E-state index in [2.05, 4.69) is 45.9 Å². The summed E-state index contributed by atoms with van der Waals surface area (Å²) in [6.45, 7) is 12.3. The highest BCUT2D eigenvalue weighted by Crippen LogP contribution is 2.57. The Morgan fingerprint density at radius 2 is 1.35 bits per heavy atom. The topological polar surface area (TPSA) is 78.9 Å². The average molecular weight is 561 g/mol. The monoisotopic (exact) mass is 560 g/mol. The Labute approximate surface area is 228 Å². The van der Waals surface area contributed by atoms with Crippen LogP contribution in [0.15, 0.2) is 34.9 Å². The second-order valence-electron chi connectivity index (χ2n) is 10.2. The molecule has 1 aliphatic carbocycles. The molecule has 0 spiro atoms. The van der Waals surface area contributed by atoms with Gasteiger partial charge >= 0.3 is 7.60 Å². The average Bonchev–Trinajstić information content (AvgIpc) is 2.84. The third-order valence-corrected chi connectivity index (χ3v) is 12.1. The molecule has 1 unspecified atom stereocenters. The maximum absolute atomic E-state index is 13.5. The lowest BCUT2D eigenvalue weighted by atomic mass is 9.98. The Bertz CT molecular complexity index is 874. The smallest absolute Gasteiger partial charge is 0.308 e. The summed E-state index contributed by atoms with van der Waals surface area (Å²) in [5.74, 6) is 0. The van der Waals surface area contributed by atoms with E-state index in [0.29, 0.717) is 25.7 Å². The molecule has 0 amide bonds. The summed E-state index contributed by atoms with van der Waals surface area (Å²) in [6, 6.07) is 0. The Morgan fingerprint density at radius 1 is 0.838 bits per heavy atom. The number of hydrogen-bond donors (Lipinski definition) is 0. The predicted molar refractivity (Wildman–Crippen MR) is 155 cm³/mol. The van der Waals surface area contributed by atoms with E-state index in [1.54, 1.807) is 13.8 Å². The van der Waals surface area contributed by atoms with E-state index in [0.717, 1.165) is 51.4 Å². The summed E-state index contributed by atoms with van der Waals surface area (Å²) in [5.41, 5.74) is 4.14. The molecular weight excluding hydrogens is 507 g/mol. The maximum atomic E-state index is 13.5. The van der Waals surface area contributed by atoms with Gasteiger partial charge in [0.2, 0.25) is 0 Å². The minimum atomic E-state index is -4.11. The van der Waals surface area contributed by atoms with Crippen LogP contribution in [0.3, 0.4) is 0 Å². The van der Waals surface area contributed by atoms with E-state index in [4.69, 9.17) is 13.2 Å². The number of unbranched alkanes of at least 4 members (excludes halogenated alkanes) is 1. The molecule has 8 heteroatoms. The summed E-state index contributed by atoms with van der Waals surface area (Å²) in [4.78, 5) is -1.30. The second-order valence-corrected chi connectivity index (χ2v) is 14.5. The second kappa shape index (κ2) is 18.5. The normalized spacial score (nSPS) is 17.8. The van der Waals surface area contributed by atoms with E-state index in [-0.39, 0.29) is 25.7 Å². The molecule has 0 aromatic heterocycles. The van der Waals surface area contributed by atoms with Crippen molar-refractivity contribution >= 4 is 17.7 Å². The Hall–Kier alpha value is -0.720. The van der Waals surface area contributed by atoms with E-state index < -0.39 is 22.7 Å². The lowest BCUT2D eigenvalue weighted by Crippen LogP contribution is -2.30. The Balaban J connectivity index is 2.72. The fourth-order valence-corrected chi connectivity index (χ4v) is 9.08. The molecular formula is C29H53O6PS. The zero-order chi connectivity index (χ0) is 27.7. The van der Waals surface area contributed by atoms with Crippen LogP contribution < -0.4 is 0 Å². The van der Waals surface area contributed by atoms with Crippen LogP contribution in [0.5, 0.6) is 0 Å². The van der Waals surface area contributed by atoms with E-state index in [1.165, 1.54) is 16.7 Å². The fourth-order valence-electron chi connectivity index (χ4n) is 4.52. The van der Waals surface area contributed by atoms with Crippen LogP contribution in [-0.4, -0.2) is 32.7 Å². The third kappa shape index (κ3) is 13.8. The molecule has 0 aliphatic heterocycles. The first kappa shape index (κ1) is 34.3. The van der Waals surface area contributed by atoms with Crippen molar-refractivity contribution < 1.29 is 26.2 Å². The van der Waals surface area contributed by atoms with Crippen LogP contribution in [0.1, 0.15) is 125 Å². The summed E-state index contributed by atoms with van der Waals surface area (Å²) in [7, 11) is -7.98. The van der Waals surface area contributed by atoms with Gasteiger partial charge in [-0.25, -0.2) is 0 Å². The summed E-state index contributed by atoms with van der Waals surface area (Å²) in [5, 5.41) is 0. The standard InChI is InChI=1S/C29H53O6PS/c1-7-25(4)18-15-19-27(6)21-16-20-26(5)17-13-14-24-29(36(30,33-8-2)34-9-3)37(31,32)35-28-22-11-10-12-23-28/h17-18,21,28-29H,7-16,19-20,22-24H2,1-6H3/b25-18+,26-17+,27-21+. The first-order valence-electron chi connectivity index (χ1n) is 14.4. The molecule has 0 heterocycles. The van der Waals surface area contributed by atoms with Crippen LogP contribution in [0.2, 0.25) is 0 Å². The number of allylic oxidation sites excluding steroid dienone is 6. The lowest BCUT2D eigenvalue weighted by Gasteiger charge is -2.28. The van der Waals surface area contributed by atoms with Crippen molar-refractivity contribution in [2.24, 2.45) is 0 Å². The number of rotatable bonds is 19. The van der Waals surface area contributed by atoms with Crippen LogP contribution in [0, 0.1) is 0 Å². The summed E-state index contributed by atoms with van der Waals surface area (Å²) >= 11 is 0. The molecule has 0 N–H and O–H groups in total. The van der Waals surface area contributed by atoms with Crippen LogP contribution in [0.4, 0.5) is 0 Å². The van der Waals surface area contributed by atoms with Crippen molar-refractivity contribution in [3.8, 4) is 0 Å². The van der Waals surface area contributed by atoms with Gasteiger partial charge in [0.05, 0.1) is 19.3 Å².